The van der Waals surface area contributed by atoms with Crippen LogP contribution in [0.2, 0.25) is 15.1 Å². The van der Waals surface area contributed by atoms with Crippen molar-refractivity contribution in [1.82, 2.24) is 10.1 Å². The number of nitrogens with zero attached hydrogens (tertiary/aromatic N) is 1. The van der Waals surface area contributed by atoms with E-state index in [0.29, 0.717) is 27.7 Å². The van der Waals surface area contributed by atoms with Crippen molar-refractivity contribution in [3.63, 3.8) is 0 Å². The molecule has 172 valence electrons. The van der Waals surface area contributed by atoms with E-state index in [4.69, 9.17) is 34.8 Å². The highest BCUT2D eigenvalue weighted by Crippen LogP contribution is 2.34. The van der Waals surface area contributed by atoms with Gasteiger partial charge in [-0.05, 0) is 47.5 Å². The fourth-order valence-electron chi connectivity index (χ4n) is 3.53. The van der Waals surface area contributed by atoms with Crippen LogP contribution in [0.4, 0.5) is 8.78 Å². The molecule has 1 aliphatic heterocycles. The molecule has 0 radical (unpaired) electrons. The van der Waals surface area contributed by atoms with Crippen molar-refractivity contribution in [2.45, 2.75) is 23.4 Å². The predicted molar refractivity (Wildman–Crippen MR) is 125 cm³/mol. The second kappa shape index (κ2) is 9.56. The van der Waals surface area contributed by atoms with E-state index in [-0.39, 0.29) is 11.1 Å². The minimum absolute atomic E-state index is 0.168. The molecule has 33 heavy (non-hydrogen) atoms. The maximum Gasteiger partial charge on any atom is 0.247 e. The van der Waals surface area contributed by atoms with Gasteiger partial charge in [-0.15, -0.1) is 0 Å². The van der Waals surface area contributed by atoms with Crippen LogP contribution in [-0.4, -0.2) is 14.1 Å². The molecule has 2 unspecified atom stereocenters. The Morgan fingerprint density at radius 1 is 0.970 bits per heavy atom. The zero-order valence-corrected chi connectivity index (χ0v) is 19.8. The Morgan fingerprint density at radius 3 is 2.24 bits per heavy atom. The molecule has 2 atom stereocenters. The van der Waals surface area contributed by atoms with Crippen LogP contribution in [0.3, 0.4) is 0 Å². The molecule has 0 saturated heterocycles. The van der Waals surface area contributed by atoms with Crippen LogP contribution in [0, 0.1) is 11.6 Å². The first-order chi connectivity index (χ1) is 15.7. The van der Waals surface area contributed by atoms with Crippen molar-refractivity contribution < 1.29 is 17.2 Å². The van der Waals surface area contributed by atoms with Crippen molar-refractivity contribution in [3.8, 4) is 0 Å². The number of rotatable bonds is 6. The van der Waals surface area contributed by atoms with E-state index in [9.17, 15) is 17.2 Å². The summed E-state index contributed by atoms with van der Waals surface area (Å²) >= 11 is 18.3. The van der Waals surface area contributed by atoms with Crippen molar-refractivity contribution in [2.75, 3.05) is 0 Å². The molecule has 1 aliphatic rings. The van der Waals surface area contributed by atoms with Crippen LogP contribution >= 0.6 is 34.8 Å². The molecular formula is C22H16Cl3F2N3O2S. The summed E-state index contributed by atoms with van der Waals surface area (Å²) in [5.74, 6) is -2.43. The standard InChI is InChI=1S/C22H16Cl3F2N3O2S/c23-13-6-4-12(5-7-13)19-11-20(29-28-19)21(15-9-8-14(24)10-16(15)25)30-33(31,32)22-17(26)2-1-3-18(22)27/h1-10,19,21,28,30H,11H2. The summed E-state index contributed by atoms with van der Waals surface area (Å²) in [4.78, 5) is -1.08. The third-order valence-electron chi connectivity index (χ3n) is 5.12. The van der Waals surface area contributed by atoms with Gasteiger partial charge in [0.1, 0.15) is 11.6 Å². The molecule has 2 N–H and O–H groups in total. The summed E-state index contributed by atoms with van der Waals surface area (Å²) in [6.45, 7) is 0. The molecule has 0 aliphatic carbocycles. The monoisotopic (exact) mass is 529 g/mol. The summed E-state index contributed by atoms with van der Waals surface area (Å²) < 4.78 is 57.0. The van der Waals surface area contributed by atoms with Crippen LogP contribution < -0.4 is 10.1 Å². The summed E-state index contributed by atoms with van der Waals surface area (Å²) in [6.07, 6.45) is 0.299. The van der Waals surface area contributed by atoms with Crippen LogP contribution in [0.15, 0.2) is 70.7 Å². The number of hydrogen-bond acceptors (Lipinski definition) is 4. The van der Waals surface area contributed by atoms with Crippen molar-refractivity contribution >= 4 is 50.5 Å². The van der Waals surface area contributed by atoms with Gasteiger partial charge in [-0.2, -0.15) is 9.82 Å². The minimum Gasteiger partial charge on any atom is -0.302 e. The fraction of sp³-hybridized carbons (Fsp3) is 0.136. The summed E-state index contributed by atoms with van der Waals surface area (Å²) in [5, 5.41) is 5.39. The molecule has 0 bridgehead atoms. The van der Waals surface area contributed by atoms with E-state index >= 15 is 0 Å². The average molecular weight is 531 g/mol. The highest BCUT2D eigenvalue weighted by atomic mass is 35.5. The summed E-state index contributed by atoms with van der Waals surface area (Å²) in [6, 6.07) is 13.1. The van der Waals surface area contributed by atoms with Gasteiger partial charge in [0.15, 0.2) is 4.90 Å². The van der Waals surface area contributed by atoms with Gasteiger partial charge in [-0.3, -0.25) is 0 Å². The van der Waals surface area contributed by atoms with Gasteiger partial charge in [0, 0.05) is 21.5 Å². The zero-order chi connectivity index (χ0) is 23.8. The summed E-state index contributed by atoms with van der Waals surface area (Å²) in [7, 11) is -4.64. The molecule has 1 heterocycles. The highest BCUT2D eigenvalue weighted by Gasteiger charge is 2.34. The Hall–Kier alpha value is -2.23. The van der Waals surface area contributed by atoms with E-state index < -0.39 is 32.6 Å². The molecule has 0 spiro atoms. The van der Waals surface area contributed by atoms with Crippen LogP contribution in [0.1, 0.15) is 29.6 Å². The predicted octanol–water partition coefficient (Wildman–Crippen LogP) is 6.04. The normalized spacial score (nSPS) is 16.9. The lowest BCUT2D eigenvalue weighted by Crippen LogP contribution is -2.34. The van der Waals surface area contributed by atoms with Crippen LogP contribution in [0.5, 0.6) is 0 Å². The Morgan fingerprint density at radius 2 is 1.61 bits per heavy atom. The Labute approximate surface area is 204 Å². The topological polar surface area (TPSA) is 70.6 Å². The lowest BCUT2D eigenvalue weighted by molar-refractivity contribution is 0.512. The van der Waals surface area contributed by atoms with Gasteiger partial charge in [0.2, 0.25) is 10.0 Å². The number of hydrazone groups is 1. The first-order valence-electron chi connectivity index (χ1n) is 9.64. The molecule has 4 rings (SSSR count). The second-order valence-corrected chi connectivity index (χ2v) is 10.2. The molecule has 3 aromatic carbocycles. The maximum absolute atomic E-state index is 14.3. The molecule has 0 fully saturated rings. The third kappa shape index (κ3) is 5.15. The van der Waals surface area contributed by atoms with Gasteiger partial charge in [0.25, 0.3) is 0 Å². The van der Waals surface area contributed by atoms with E-state index in [0.717, 1.165) is 23.8 Å². The largest absolute Gasteiger partial charge is 0.302 e. The molecule has 0 saturated carbocycles. The Balaban J connectivity index is 1.71. The van der Waals surface area contributed by atoms with Gasteiger partial charge in [-0.1, -0.05) is 59.1 Å². The molecule has 0 amide bonds. The van der Waals surface area contributed by atoms with Gasteiger partial charge >= 0.3 is 0 Å². The lowest BCUT2D eigenvalue weighted by Gasteiger charge is -2.21. The van der Waals surface area contributed by atoms with Gasteiger partial charge in [-0.25, -0.2) is 17.2 Å². The zero-order valence-electron chi connectivity index (χ0n) is 16.7. The molecule has 11 heteroatoms. The smallest absolute Gasteiger partial charge is 0.247 e. The van der Waals surface area contributed by atoms with Crippen LogP contribution in [0.25, 0.3) is 0 Å². The fourth-order valence-corrected chi connectivity index (χ4v) is 5.52. The van der Waals surface area contributed by atoms with E-state index in [2.05, 4.69) is 15.2 Å². The molecule has 3 aromatic rings. The maximum atomic E-state index is 14.3. The van der Waals surface area contributed by atoms with Gasteiger partial charge in [0.05, 0.1) is 17.8 Å². The number of sulfonamides is 1. The minimum atomic E-state index is -4.64. The van der Waals surface area contributed by atoms with E-state index in [1.165, 1.54) is 18.2 Å². The Bertz CT molecular complexity index is 1310. The van der Waals surface area contributed by atoms with E-state index in [1.807, 2.05) is 12.1 Å². The first-order valence-corrected chi connectivity index (χ1v) is 12.3. The lowest BCUT2D eigenvalue weighted by atomic mass is 9.96. The number of halogens is 5. The molecule has 0 aromatic heterocycles. The van der Waals surface area contributed by atoms with E-state index in [1.54, 1.807) is 12.1 Å². The Kier molecular flexibility index (Phi) is 6.93. The molecule has 5 nitrogen and oxygen atoms in total. The number of nitrogens with one attached hydrogen (secondary N) is 2. The highest BCUT2D eigenvalue weighted by molar-refractivity contribution is 7.89. The number of benzene rings is 3. The first kappa shape index (κ1) is 23.9. The van der Waals surface area contributed by atoms with Crippen molar-refractivity contribution in [1.29, 1.82) is 0 Å². The third-order valence-corrected chi connectivity index (χ3v) is 7.40. The molecular weight excluding hydrogens is 515 g/mol. The SMILES string of the molecule is O=S(=O)(NC(C1=NNC(c2ccc(Cl)cc2)C1)c1ccc(Cl)cc1Cl)c1c(F)cccc1F. The number of hydrogen-bond donors (Lipinski definition) is 2. The summed E-state index contributed by atoms with van der Waals surface area (Å²) in [5.41, 5.74) is 4.55. The van der Waals surface area contributed by atoms with Crippen LogP contribution in [-0.2, 0) is 10.0 Å². The average Bonchev–Trinajstić information content (AvgIpc) is 3.23. The second-order valence-electron chi connectivity index (χ2n) is 7.31. The van der Waals surface area contributed by atoms with Crippen molar-refractivity contribution in [3.05, 3.63) is 98.5 Å². The van der Waals surface area contributed by atoms with Crippen molar-refractivity contribution in [2.24, 2.45) is 5.10 Å². The van der Waals surface area contributed by atoms with Gasteiger partial charge < -0.3 is 5.43 Å². The quantitative estimate of drug-likeness (QED) is 0.408.